The van der Waals surface area contributed by atoms with Gasteiger partial charge in [-0.05, 0) is 87.7 Å². The average molecular weight is 789 g/mol. The predicted octanol–water partition coefficient (Wildman–Crippen LogP) is 14.3. The zero-order valence-corrected chi connectivity index (χ0v) is 35.2. The van der Waals surface area contributed by atoms with Gasteiger partial charge in [0.1, 0.15) is 0 Å². The third-order valence-corrected chi connectivity index (χ3v) is 11.4. The van der Waals surface area contributed by atoms with Gasteiger partial charge in [0.2, 0.25) is 0 Å². The van der Waals surface area contributed by atoms with Gasteiger partial charge in [-0.1, -0.05) is 145 Å². The standard InChI is InChI=1S/C55H44N6/c1-54(2,3)41-25-27-48-46(32-41)47-33-42(55(4,5)6)26-28-49(47)61(48)50-44(36-23-21-35(34-56)22-24-36)30-40(31-45(50)39-19-14-20-43(29-39)57-7)53-59-51(37-15-10-8-11-16-37)58-52(60-53)38-17-12-9-13-18-38/h8-33H,1-6H3. The molecule has 0 saturated heterocycles. The minimum atomic E-state index is -0.0628. The molecule has 6 heteroatoms. The molecule has 6 nitrogen and oxygen atoms in total. The number of fused-ring (bicyclic) bond motifs is 3. The number of hydrogen-bond donors (Lipinski definition) is 0. The monoisotopic (exact) mass is 788 g/mol. The zero-order valence-electron chi connectivity index (χ0n) is 35.2. The fourth-order valence-electron chi connectivity index (χ4n) is 8.05. The van der Waals surface area contributed by atoms with E-state index in [0.29, 0.717) is 28.7 Å². The van der Waals surface area contributed by atoms with Crippen LogP contribution >= 0.6 is 0 Å². The summed E-state index contributed by atoms with van der Waals surface area (Å²) in [5.41, 5.74) is 12.8. The lowest BCUT2D eigenvalue weighted by molar-refractivity contribution is 0.590. The number of aromatic nitrogens is 4. The molecule has 2 aromatic heterocycles. The Morgan fingerprint density at radius 2 is 0.967 bits per heavy atom. The molecule has 0 spiro atoms. The van der Waals surface area contributed by atoms with E-state index >= 15 is 0 Å². The smallest absolute Gasteiger partial charge is 0.187 e. The normalized spacial score (nSPS) is 11.7. The molecule has 0 aliphatic carbocycles. The van der Waals surface area contributed by atoms with E-state index < -0.39 is 0 Å². The van der Waals surface area contributed by atoms with E-state index in [4.69, 9.17) is 21.5 Å². The summed E-state index contributed by atoms with van der Waals surface area (Å²) in [5.74, 6) is 1.65. The number of benzene rings is 7. The van der Waals surface area contributed by atoms with Crippen LogP contribution in [-0.4, -0.2) is 19.5 Å². The number of nitriles is 1. The van der Waals surface area contributed by atoms with E-state index in [-0.39, 0.29) is 10.8 Å². The van der Waals surface area contributed by atoms with E-state index in [1.165, 1.54) is 21.9 Å². The Bertz CT molecular complexity index is 3080. The summed E-state index contributed by atoms with van der Waals surface area (Å²) in [6.07, 6.45) is 0. The lowest BCUT2D eigenvalue weighted by atomic mass is 9.85. The largest absolute Gasteiger partial charge is 0.308 e. The lowest BCUT2D eigenvalue weighted by Crippen LogP contribution is -2.10. The van der Waals surface area contributed by atoms with Gasteiger partial charge in [0.05, 0.1) is 34.9 Å². The molecule has 0 radical (unpaired) electrons. The lowest BCUT2D eigenvalue weighted by Gasteiger charge is -2.22. The quantitative estimate of drug-likeness (QED) is 0.157. The van der Waals surface area contributed by atoms with E-state index in [0.717, 1.165) is 55.7 Å². The topological polar surface area (TPSA) is 71.8 Å². The number of hydrogen-bond acceptors (Lipinski definition) is 4. The van der Waals surface area contributed by atoms with Crippen LogP contribution < -0.4 is 0 Å². The maximum Gasteiger partial charge on any atom is 0.187 e. The molecule has 0 saturated carbocycles. The van der Waals surface area contributed by atoms with Crippen molar-refractivity contribution >= 4 is 27.5 Å². The van der Waals surface area contributed by atoms with Gasteiger partial charge in [-0.15, -0.1) is 0 Å². The fourth-order valence-corrected chi connectivity index (χ4v) is 8.05. The van der Waals surface area contributed by atoms with Crippen LogP contribution in [0.5, 0.6) is 0 Å². The second kappa shape index (κ2) is 15.2. The van der Waals surface area contributed by atoms with E-state index in [9.17, 15) is 5.26 Å². The maximum absolute atomic E-state index is 9.87. The van der Waals surface area contributed by atoms with Crippen molar-refractivity contribution in [3.05, 3.63) is 186 Å². The molecule has 0 fully saturated rings. The third-order valence-electron chi connectivity index (χ3n) is 11.4. The highest BCUT2D eigenvalue weighted by atomic mass is 15.0. The molecule has 2 heterocycles. The van der Waals surface area contributed by atoms with Gasteiger partial charge in [0.25, 0.3) is 0 Å². The van der Waals surface area contributed by atoms with Crippen LogP contribution in [0.3, 0.4) is 0 Å². The molecule has 0 unspecified atom stereocenters. The van der Waals surface area contributed by atoms with Crippen LogP contribution in [0.1, 0.15) is 58.2 Å². The average Bonchev–Trinajstić information content (AvgIpc) is 3.61. The molecule has 0 N–H and O–H groups in total. The van der Waals surface area contributed by atoms with Crippen LogP contribution in [0.15, 0.2) is 158 Å². The Morgan fingerprint density at radius 3 is 1.44 bits per heavy atom. The Hall–Kier alpha value is -7.67. The Labute approximate surface area is 357 Å². The van der Waals surface area contributed by atoms with Gasteiger partial charge in [-0.25, -0.2) is 19.8 Å². The SMILES string of the molecule is [C-]#[N+]c1cccc(-c2cc(-c3nc(-c4ccccc4)nc(-c4ccccc4)n3)cc(-c3ccc(C#N)cc3)c2-n2c3ccc(C(C)(C)C)cc3c3cc(C(C)(C)C)ccc32)c1. The van der Waals surface area contributed by atoms with Gasteiger partial charge in [-0.2, -0.15) is 5.26 Å². The van der Waals surface area contributed by atoms with Crippen LogP contribution in [-0.2, 0) is 10.8 Å². The van der Waals surface area contributed by atoms with Crippen molar-refractivity contribution < 1.29 is 0 Å². The van der Waals surface area contributed by atoms with E-state index in [1.807, 2.05) is 103 Å². The molecule has 0 amide bonds. The van der Waals surface area contributed by atoms with Crippen LogP contribution in [0.2, 0.25) is 0 Å². The summed E-state index contributed by atoms with van der Waals surface area (Å²) in [6, 6.07) is 55.9. The number of nitrogens with zero attached hydrogens (tertiary/aromatic N) is 6. The molecule has 9 rings (SSSR count). The van der Waals surface area contributed by atoms with Crippen LogP contribution in [0.4, 0.5) is 5.69 Å². The molecule has 7 aromatic carbocycles. The van der Waals surface area contributed by atoms with Gasteiger partial charge in [-0.3, -0.25) is 0 Å². The highest BCUT2D eigenvalue weighted by Crippen LogP contribution is 2.45. The summed E-state index contributed by atoms with van der Waals surface area (Å²) in [6.45, 7) is 21.6. The second-order valence-corrected chi connectivity index (χ2v) is 17.6. The molecule has 0 aliphatic rings. The summed E-state index contributed by atoms with van der Waals surface area (Å²) in [5, 5.41) is 12.2. The van der Waals surface area contributed by atoms with E-state index in [1.54, 1.807) is 0 Å². The molecule has 294 valence electrons. The van der Waals surface area contributed by atoms with Crippen LogP contribution in [0.25, 0.3) is 88.8 Å². The minimum absolute atomic E-state index is 0.0628. The Morgan fingerprint density at radius 1 is 0.492 bits per heavy atom. The second-order valence-electron chi connectivity index (χ2n) is 17.6. The Kier molecular flexibility index (Phi) is 9.66. The van der Waals surface area contributed by atoms with Gasteiger partial charge >= 0.3 is 0 Å². The maximum atomic E-state index is 9.87. The van der Waals surface area contributed by atoms with Crippen molar-refractivity contribution in [2.45, 2.75) is 52.4 Å². The summed E-state index contributed by atoms with van der Waals surface area (Å²) in [7, 11) is 0. The number of rotatable bonds is 6. The third kappa shape index (κ3) is 7.35. The Balaban J connectivity index is 1.44. The van der Waals surface area contributed by atoms with Crippen molar-refractivity contribution in [3.63, 3.8) is 0 Å². The van der Waals surface area contributed by atoms with E-state index in [2.05, 4.69) is 112 Å². The van der Waals surface area contributed by atoms with Crippen molar-refractivity contribution in [3.8, 4) is 68.2 Å². The molecule has 61 heavy (non-hydrogen) atoms. The van der Waals surface area contributed by atoms with Gasteiger partial charge < -0.3 is 4.57 Å². The van der Waals surface area contributed by atoms with Crippen molar-refractivity contribution in [1.29, 1.82) is 5.26 Å². The first-order valence-corrected chi connectivity index (χ1v) is 20.5. The summed E-state index contributed by atoms with van der Waals surface area (Å²) >= 11 is 0. The van der Waals surface area contributed by atoms with Crippen molar-refractivity contribution in [2.75, 3.05) is 0 Å². The summed E-state index contributed by atoms with van der Waals surface area (Å²) < 4.78 is 2.39. The minimum Gasteiger partial charge on any atom is -0.308 e. The molecule has 0 atom stereocenters. The summed E-state index contributed by atoms with van der Waals surface area (Å²) in [4.78, 5) is 19.2. The first-order valence-electron chi connectivity index (χ1n) is 20.5. The molecule has 9 aromatic rings. The highest BCUT2D eigenvalue weighted by Gasteiger charge is 2.26. The van der Waals surface area contributed by atoms with Gasteiger partial charge in [0, 0.05) is 38.6 Å². The molecule has 0 aliphatic heterocycles. The fraction of sp³-hybridized carbons (Fsp3) is 0.145. The molecule has 0 bridgehead atoms. The first-order chi connectivity index (χ1) is 29.4. The van der Waals surface area contributed by atoms with Crippen molar-refractivity contribution in [2.24, 2.45) is 0 Å². The van der Waals surface area contributed by atoms with Gasteiger partial charge in [0.15, 0.2) is 23.2 Å². The molecular weight excluding hydrogens is 745 g/mol. The zero-order chi connectivity index (χ0) is 42.5. The first kappa shape index (κ1) is 38.8. The highest BCUT2D eigenvalue weighted by molar-refractivity contribution is 6.11. The van der Waals surface area contributed by atoms with Crippen LogP contribution in [0, 0.1) is 17.9 Å². The predicted molar refractivity (Wildman–Crippen MR) is 250 cm³/mol. The van der Waals surface area contributed by atoms with Crippen molar-refractivity contribution in [1.82, 2.24) is 19.5 Å². The molecular formula is C55H44N6.